The van der Waals surface area contributed by atoms with Gasteiger partial charge in [-0.1, -0.05) is 65.9 Å². The number of amides is 1. The maximum Gasteiger partial charge on any atom is 0.230 e. The van der Waals surface area contributed by atoms with Crippen LogP contribution in [0.4, 0.5) is 0 Å². The number of nitrogens with zero attached hydrogens (tertiary/aromatic N) is 4. The van der Waals surface area contributed by atoms with Crippen molar-refractivity contribution in [2.75, 3.05) is 0 Å². The number of carbonyl (C=O) groups excluding carboxylic acids is 1. The Bertz CT molecular complexity index is 687. The Kier molecular flexibility index (Phi) is 4.73. The Hall–Kier alpha value is -3.02. The van der Waals surface area contributed by atoms with E-state index in [1.54, 1.807) is 4.90 Å². The van der Waals surface area contributed by atoms with Gasteiger partial charge < -0.3 is 4.90 Å². The fourth-order valence-corrected chi connectivity index (χ4v) is 2.34. The highest BCUT2D eigenvalue weighted by molar-refractivity contribution is 5.77. The molecular formula is C17H17N5O. The van der Waals surface area contributed by atoms with Gasteiger partial charge in [-0.3, -0.25) is 4.79 Å². The van der Waals surface area contributed by atoms with Crippen LogP contribution in [0.2, 0.25) is 0 Å². The molecule has 0 aliphatic rings. The van der Waals surface area contributed by atoms with Gasteiger partial charge in [0.15, 0.2) is 5.82 Å². The molecular weight excluding hydrogens is 290 g/mol. The standard InChI is InChI=1S/C17H17N5O/c23-17(11-16-18-20-21-19-16)22(12-14-7-3-1-4-8-14)13-15-9-5-2-6-10-15/h1-10H,11-13H2,(H,18,19,20,21). The van der Waals surface area contributed by atoms with Crippen LogP contribution in [-0.4, -0.2) is 31.4 Å². The summed E-state index contributed by atoms with van der Waals surface area (Å²) in [6.45, 7) is 1.10. The predicted molar refractivity (Wildman–Crippen MR) is 85.0 cm³/mol. The highest BCUT2D eigenvalue weighted by Gasteiger charge is 2.17. The second kappa shape index (κ2) is 7.31. The zero-order valence-electron chi connectivity index (χ0n) is 12.6. The van der Waals surface area contributed by atoms with Crippen molar-refractivity contribution in [1.82, 2.24) is 25.5 Å². The lowest BCUT2D eigenvalue weighted by Gasteiger charge is -2.22. The van der Waals surface area contributed by atoms with Crippen LogP contribution < -0.4 is 0 Å². The zero-order chi connectivity index (χ0) is 15.9. The van der Waals surface area contributed by atoms with Gasteiger partial charge in [0.1, 0.15) is 0 Å². The van der Waals surface area contributed by atoms with E-state index in [9.17, 15) is 4.79 Å². The molecule has 0 saturated heterocycles. The molecule has 2 aromatic carbocycles. The summed E-state index contributed by atoms with van der Waals surface area (Å²) in [6.07, 6.45) is 0.135. The molecule has 3 rings (SSSR count). The summed E-state index contributed by atoms with van der Waals surface area (Å²) in [5, 5.41) is 13.6. The molecule has 0 radical (unpaired) electrons. The zero-order valence-corrected chi connectivity index (χ0v) is 12.6. The van der Waals surface area contributed by atoms with Crippen LogP contribution in [0, 0.1) is 0 Å². The number of aromatic nitrogens is 4. The molecule has 1 amide bonds. The lowest BCUT2D eigenvalue weighted by molar-refractivity contribution is -0.131. The molecule has 0 spiro atoms. The van der Waals surface area contributed by atoms with E-state index in [-0.39, 0.29) is 12.3 Å². The average molecular weight is 307 g/mol. The van der Waals surface area contributed by atoms with Gasteiger partial charge in [0, 0.05) is 13.1 Å². The Balaban J connectivity index is 1.76. The van der Waals surface area contributed by atoms with Crippen LogP contribution in [0.5, 0.6) is 0 Å². The van der Waals surface area contributed by atoms with Crippen LogP contribution in [0.3, 0.4) is 0 Å². The van der Waals surface area contributed by atoms with Crippen molar-refractivity contribution in [3.05, 3.63) is 77.6 Å². The second-order valence-electron chi connectivity index (χ2n) is 5.23. The first-order valence-corrected chi connectivity index (χ1v) is 7.39. The minimum absolute atomic E-state index is 0.0286. The molecule has 6 heteroatoms. The van der Waals surface area contributed by atoms with Crippen LogP contribution in [0.15, 0.2) is 60.7 Å². The molecule has 0 unspecified atom stereocenters. The molecule has 0 bridgehead atoms. The minimum atomic E-state index is -0.0286. The van der Waals surface area contributed by atoms with Gasteiger partial charge in [-0.25, -0.2) is 0 Å². The lowest BCUT2D eigenvalue weighted by atomic mass is 10.1. The first kappa shape index (κ1) is 14.9. The number of H-pyrrole nitrogens is 1. The van der Waals surface area contributed by atoms with Crippen molar-refractivity contribution in [1.29, 1.82) is 0 Å². The minimum Gasteiger partial charge on any atom is -0.334 e. The van der Waals surface area contributed by atoms with E-state index in [0.29, 0.717) is 18.9 Å². The van der Waals surface area contributed by atoms with Gasteiger partial charge >= 0.3 is 0 Å². The number of nitrogens with one attached hydrogen (secondary N) is 1. The molecule has 6 nitrogen and oxygen atoms in total. The number of benzene rings is 2. The number of aromatic amines is 1. The van der Waals surface area contributed by atoms with Gasteiger partial charge in [0.05, 0.1) is 6.42 Å². The molecule has 0 aliphatic carbocycles. The van der Waals surface area contributed by atoms with Crippen molar-refractivity contribution < 1.29 is 4.79 Å². The van der Waals surface area contributed by atoms with Crippen LogP contribution in [0.25, 0.3) is 0 Å². The average Bonchev–Trinajstić information content (AvgIpc) is 3.09. The van der Waals surface area contributed by atoms with Crippen molar-refractivity contribution >= 4 is 5.91 Å². The third kappa shape index (κ3) is 4.23. The van der Waals surface area contributed by atoms with E-state index in [1.807, 2.05) is 60.7 Å². The van der Waals surface area contributed by atoms with Crippen molar-refractivity contribution in [3.63, 3.8) is 0 Å². The van der Waals surface area contributed by atoms with Crippen LogP contribution in [-0.2, 0) is 24.3 Å². The molecule has 0 fully saturated rings. The summed E-state index contributed by atoms with van der Waals surface area (Å²) in [4.78, 5) is 14.4. The predicted octanol–water partition coefficient (Wildman–Crippen LogP) is 1.97. The van der Waals surface area contributed by atoms with Gasteiger partial charge in [-0.2, -0.15) is 5.21 Å². The lowest BCUT2D eigenvalue weighted by Crippen LogP contribution is -2.31. The van der Waals surface area contributed by atoms with Crippen molar-refractivity contribution in [3.8, 4) is 0 Å². The fourth-order valence-electron chi connectivity index (χ4n) is 2.34. The van der Waals surface area contributed by atoms with Crippen LogP contribution in [0.1, 0.15) is 17.0 Å². The second-order valence-corrected chi connectivity index (χ2v) is 5.23. The molecule has 0 saturated carbocycles. The maximum atomic E-state index is 12.6. The highest BCUT2D eigenvalue weighted by atomic mass is 16.2. The summed E-state index contributed by atoms with van der Waals surface area (Å²) in [6, 6.07) is 19.9. The van der Waals surface area contributed by atoms with E-state index in [2.05, 4.69) is 20.6 Å². The molecule has 1 heterocycles. The maximum absolute atomic E-state index is 12.6. The Labute approximate surface area is 134 Å². The number of tetrazole rings is 1. The SMILES string of the molecule is O=C(Cc1nn[nH]n1)N(Cc1ccccc1)Cc1ccccc1. The van der Waals surface area contributed by atoms with Crippen molar-refractivity contribution in [2.45, 2.75) is 19.5 Å². The highest BCUT2D eigenvalue weighted by Crippen LogP contribution is 2.11. The molecule has 3 aromatic rings. The third-order valence-electron chi connectivity index (χ3n) is 3.48. The summed E-state index contributed by atoms with van der Waals surface area (Å²) >= 11 is 0. The first-order chi connectivity index (χ1) is 11.3. The van der Waals surface area contributed by atoms with E-state index in [4.69, 9.17) is 0 Å². The van der Waals surface area contributed by atoms with Gasteiger partial charge in [0.2, 0.25) is 5.91 Å². The topological polar surface area (TPSA) is 74.8 Å². The van der Waals surface area contributed by atoms with E-state index >= 15 is 0 Å². The largest absolute Gasteiger partial charge is 0.334 e. The number of hydrogen-bond acceptors (Lipinski definition) is 4. The quantitative estimate of drug-likeness (QED) is 0.755. The third-order valence-corrected chi connectivity index (χ3v) is 3.48. The normalized spacial score (nSPS) is 10.4. The molecule has 0 aliphatic heterocycles. The monoisotopic (exact) mass is 307 g/mol. The smallest absolute Gasteiger partial charge is 0.230 e. The molecule has 0 atom stereocenters. The Morgan fingerprint density at radius 2 is 1.48 bits per heavy atom. The number of hydrogen-bond donors (Lipinski definition) is 1. The van der Waals surface area contributed by atoms with Gasteiger partial charge in [-0.15, -0.1) is 10.2 Å². The molecule has 116 valence electrons. The van der Waals surface area contributed by atoms with Crippen LogP contribution >= 0.6 is 0 Å². The molecule has 23 heavy (non-hydrogen) atoms. The van der Waals surface area contributed by atoms with Crippen molar-refractivity contribution in [2.24, 2.45) is 0 Å². The number of carbonyl (C=O) groups is 1. The molecule has 1 aromatic heterocycles. The van der Waals surface area contributed by atoms with Gasteiger partial charge in [-0.05, 0) is 11.1 Å². The van der Waals surface area contributed by atoms with Gasteiger partial charge in [0.25, 0.3) is 0 Å². The summed E-state index contributed by atoms with van der Waals surface area (Å²) < 4.78 is 0. The number of rotatable bonds is 6. The van der Waals surface area contributed by atoms with E-state index in [1.165, 1.54) is 0 Å². The first-order valence-electron chi connectivity index (χ1n) is 7.39. The Morgan fingerprint density at radius 1 is 0.913 bits per heavy atom. The summed E-state index contributed by atoms with van der Waals surface area (Å²) in [5.74, 6) is 0.375. The Morgan fingerprint density at radius 3 is 1.96 bits per heavy atom. The molecule has 1 N–H and O–H groups in total. The van der Waals surface area contributed by atoms with E-state index in [0.717, 1.165) is 11.1 Å². The van der Waals surface area contributed by atoms with E-state index < -0.39 is 0 Å². The summed E-state index contributed by atoms with van der Waals surface area (Å²) in [5.41, 5.74) is 2.18. The fraction of sp³-hybridized carbons (Fsp3) is 0.176. The summed E-state index contributed by atoms with van der Waals surface area (Å²) in [7, 11) is 0.